The molecule has 0 spiro atoms. The summed E-state index contributed by atoms with van der Waals surface area (Å²) >= 11 is 0. The van der Waals surface area contributed by atoms with E-state index in [0.29, 0.717) is 6.10 Å². The van der Waals surface area contributed by atoms with Crippen molar-refractivity contribution in [3.8, 4) is 0 Å². The molecule has 2 aliphatic rings. The summed E-state index contributed by atoms with van der Waals surface area (Å²) in [6.45, 7) is 6.27. The van der Waals surface area contributed by atoms with Gasteiger partial charge in [0.1, 0.15) is 0 Å². The quantitative estimate of drug-likeness (QED) is 0.794. The lowest BCUT2D eigenvalue weighted by molar-refractivity contribution is 0.0403. The number of hydrogen-bond acceptors (Lipinski definition) is 3. The lowest BCUT2D eigenvalue weighted by Gasteiger charge is -2.31. The molecule has 0 aromatic rings. The average Bonchev–Trinajstić information content (AvgIpc) is 2.41. The topological polar surface area (TPSA) is 24.5 Å². The number of nitrogens with zero attached hydrogens (tertiary/aromatic N) is 1. The third-order valence-electron chi connectivity index (χ3n) is 4.41. The molecule has 0 bridgehead atoms. The van der Waals surface area contributed by atoms with E-state index in [-0.39, 0.29) is 0 Å². The van der Waals surface area contributed by atoms with Crippen LogP contribution >= 0.6 is 0 Å². The maximum atomic E-state index is 5.41. The zero-order chi connectivity index (χ0) is 11.9. The largest absolute Gasteiger partial charge is 0.381 e. The second kappa shape index (κ2) is 7.34. The van der Waals surface area contributed by atoms with Crippen molar-refractivity contribution in [1.82, 2.24) is 10.2 Å². The van der Waals surface area contributed by atoms with Crippen LogP contribution in [0.4, 0.5) is 0 Å². The Morgan fingerprint density at radius 1 is 1.12 bits per heavy atom. The van der Waals surface area contributed by atoms with Gasteiger partial charge in [0, 0.05) is 20.2 Å². The summed E-state index contributed by atoms with van der Waals surface area (Å²) in [6.07, 6.45) is 8.59. The van der Waals surface area contributed by atoms with Crippen LogP contribution in [0.5, 0.6) is 0 Å². The summed E-state index contributed by atoms with van der Waals surface area (Å²) < 4.78 is 5.41. The van der Waals surface area contributed by atoms with E-state index in [1.54, 1.807) is 0 Å². The third-order valence-corrected chi connectivity index (χ3v) is 4.41. The van der Waals surface area contributed by atoms with Gasteiger partial charge in [-0.15, -0.1) is 0 Å². The first-order chi connectivity index (χ1) is 8.38. The minimum Gasteiger partial charge on any atom is -0.381 e. The number of ether oxygens (including phenoxy) is 1. The number of hydrogen-bond donors (Lipinski definition) is 1. The lowest BCUT2D eigenvalue weighted by atomic mass is 9.93. The van der Waals surface area contributed by atoms with Crippen molar-refractivity contribution in [2.45, 2.75) is 44.6 Å². The Balaban J connectivity index is 1.53. The molecule has 0 atom stereocenters. The Bertz CT molecular complexity index is 196. The average molecular weight is 240 g/mol. The highest BCUT2D eigenvalue weighted by Crippen LogP contribution is 2.19. The van der Waals surface area contributed by atoms with Crippen LogP contribution in [-0.4, -0.2) is 50.8 Å². The highest BCUT2D eigenvalue weighted by Gasteiger charge is 2.19. The molecule has 100 valence electrons. The second-order valence-electron chi connectivity index (χ2n) is 5.61. The molecule has 2 fully saturated rings. The van der Waals surface area contributed by atoms with Gasteiger partial charge in [-0.1, -0.05) is 0 Å². The first kappa shape index (κ1) is 13.3. The molecule has 0 unspecified atom stereocenters. The molecule has 2 aliphatic heterocycles. The zero-order valence-electron chi connectivity index (χ0n) is 11.3. The molecule has 0 radical (unpaired) electrons. The van der Waals surface area contributed by atoms with Crippen molar-refractivity contribution < 1.29 is 4.74 Å². The molecule has 3 nitrogen and oxygen atoms in total. The molecule has 0 saturated carbocycles. The van der Waals surface area contributed by atoms with E-state index in [2.05, 4.69) is 10.2 Å². The number of nitrogens with one attached hydrogen (secondary N) is 1. The van der Waals surface area contributed by atoms with E-state index in [0.717, 1.165) is 5.92 Å². The number of methoxy groups -OCH3 is 1. The molecule has 3 heteroatoms. The lowest BCUT2D eigenvalue weighted by Crippen LogP contribution is -2.37. The summed E-state index contributed by atoms with van der Waals surface area (Å²) in [6, 6.07) is 0. The molecule has 0 aromatic carbocycles. The molecule has 0 aliphatic carbocycles. The van der Waals surface area contributed by atoms with E-state index < -0.39 is 0 Å². The molecule has 0 amide bonds. The zero-order valence-corrected chi connectivity index (χ0v) is 11.3. The highest BCUT2D eigenvalue weighted by molar-refractivity contribution is 4.73. The molecule has 2 saturated heterocycles. The monoisotopic (exact) mass is 240 g/mol. The van der Waals surface area contributed by atoms with Crippen molar-refractivity contribution in [3.05, 3.63) is 0 Å². The molecular formula is C14H28N2O. The predicted molar refractivity (Wildman–Crippen MR) is 71.3 cm³/mol. The minimum atomic E-state index is 0.524. The van der Waals surface area contributed by atoms with Crippen LogP contribution in [0.15, 0.2) is 0 Å². The van der Waals surface area contributed by atoms with Crippen molar-refractivity contribution in [1.29, 1.82) is 0 Å². The predicted octanol–water partition coefficient (Wildman–Crippen LogP) is 1.88. The van der Waals surface area contributed by atoms with Crippen LogP contribution in [0.2, 0.25) is 0 Å². The highest BCUT2D eigenvalue weighted by atomic mass is 16.5. The van der Waals surface area contributed by atoms with Crippen molar-refractivity contribution in [3.63, 3.8) is 0 Å². The van der Waals surface area contributed by atoms with Crippen LogP contribution in [0.1, 0.15) is 38.5 Å². The van der Waals surface area contributed by atoms with Gasteiger partial charge < -0.3 is 15.0 Å². The van der Waals surface area contributed by atoms with E-state index >= 15 is 0 Å². The van der Waals surface area contributed by atoms with Gasteiger partial charge in [0.15, 0.2) is 0 Å². The number of piperidine rings is 2. The fourth-order valence-corrected chi connectivity index (χ4v) is 3.14. The Hall–Kier alpha value is -0.120. The van der Waals surface area contributed by atoms with Crippen LogP contribution in [0, 0.1) is 5.92 Å². The normalized spacial score (nSPS) is 25.2. The van der Waals surface area contributed by atoms with Gasteiger partial charge >= 0.3 is 0 Å². The van der Waals surface area contributed by atoms with E-state index in [9.17, 15) is 0 Å². The van der Waals surface area contributed by atoms with Crippen molar-refractivity contribution in [2.75, 3.05) is 39.8 Å². The standard InChI is InChI=1S/C14H28N2O/c1-17-14-6-11-16(12-7-14)10-2-3-13-4-8-15-9-5-13/h13-15H,2-12H2,1H3. The van der Waals surface area contributed by atoms with E-state index in [1.165, 1.54) is 71.2 Å². The summed E-state index contributed by atoms with van der Waals surface area (Å²) in [7, 11) is 1.84. The summed E-state index contributed by atoms with van der Waals surface area (Å²) in [4.78, 5) is 2.62. The van der Waals surface area contributed by atoms with Crippen LogP contribution in [0.3, 0.4) is 0 Å². The fraction of sp³-hybridized carbons (Fsp3) is 1.00. The Labute approximate surface area is 106 Å². The fourth-order valence-electron chi connectivity index (χ4n) is 3.14. The van der Waals surface area contributed by atoms with Gasteiger partial charge in [-0.25, -0.2) is 0 Å². The Morgan fingerprint density at radius 3 is 2.47 bits per heavy atom. The maximum Gasteiger partial charge on any atom is 0.0595 e. The van der Waals surface area contributed by atoms with E-state index in [4.69, 9.17) is 4.74 Å². The van der Waals surface area contributed by atoms with Gasteiger partial charge in [0.2, 0.25) is 0 Å². The van der Waals surface area contributed by atoms with Crippen molar-refractivity contribution >= 4 is 0 Å². The van der Waals surface area contributed by atoms with Crippen LogP contribution in [0.25, 0.3) is 0 Å². The SMILES string of the molecule is COC1CCN(CCCC2CCNCC2)CC1. The summed E-state index contributed by atoms with van der Waals surface area (Å²) in [5.41, 5.74) is 0. The smallest absolute Gasteiger partial charge is 0.0595 e. The van der Waals surface area contributed by atoms with Gasteiger partial charge in [-0.05, 0) is 64.1 Å². The van der Waals surface area contributed by atoms with Gasteiger partial charge in [-0.3, -0.25) is 0 Å². The Morgan fingerprint density at radius 2 is 1.82 bits per heavy atom. The van der Waals surface area contributed by atoms with Crippen LogP contribution in [-0.2, 0) is 4.74 Å². The molecular weight excluding hydrogens is 212 g/mol. The molecule has 2 rings (SSSR count). The van der Waals surface area contributed by atoms with E-state index in [1.807, 2.05) is 7.11 Å². The first-order valence-electron chi connectivity index (χ1n) is 7.34. The van der Waals surface area contributed by atoms with Crippen molar-refractivity contribution in [2.24, 2.45) is 5.92 Å². The maximum absolute atomic E-state index is 5.41. The minimum absolute atomic E-state index is 0.524. The summed E-state index contributed by atoms with van der Waals surface area (Å²) in [5, 5.41) is 3.44. The Kier molecular flexibility index (Phi) is 5.75. The number of likely N-dealkylation sites (tertiary alicyclic amines) is 1. The molecule has 17 heavy (non-hydrogen) atoms. The van der Waals surface area contributed by atoms with Gasteiger partial charge in [0.05, 0.1) is 6.10 Å². The first-order valence-corrected chi connectivity index (χ1v) is 7.34. The third kappa shape index (κ3) is 4.57. The molecule has 0 aromatic heterocycles. The molecule has 1 N–H and O–H groups in total. The number of rotatable bonds is 5. The van der Waals surface area contributed by atoms with Gasteiger partial charge in [-0.2, -0.15) is 0 Å². The second-order valence-corrected chi connectivity index (χ2v) is 5.61. The van der Waals surface area contributed by atoms with Crippen LogP contribution < -0.4 is 5.32 Å². The summed E-state index contributed by atoms with van der Waals surface area (Å²) in [5.74, 6) is 0.993. The molecule has 2 heterocycles. The van der Waals surface area contributed by atoms with Gasteiger partial charge in [0.25, 0.3) is 0 Å².